The minimum Gasteiger partial charge on any atom is -0.350 e. The van der Waals surface area contributed by atoms with Gasteiger partial charge in [-0.2, -0.15) is 0 Å². The third kappa shape index (κ3) is 3.49. The van der Waals surface area contributed by atoms with E-state index in [-0.39, 0.29) is 10.6 Å². The third-order valence-corrected chi connectivity index (χ3v) is 5.28. The molecule has 0 unspecified atom stereocenters. The Hall–Kier alpha value is -2.45. The fourth-order valence-electron chi connectivity index (χ4n) is 2.05. The Morgan fingerprint density at radius 2 is 1.78 bits per heavy atom. The molecule has 0 bridgehead atoms. The summed E-state index contributed by atoms with van der Waals surface area (Å²) in [5, 5.41) is 14.0. The number of hydrogen-bond acceptors (Lipinski definition) is 5. The minimum atomic E-state index is -3.59. The van der Waals surface area contributed by atoms with Gasteiger partial charge in [-0.1, -0.05) is 18.2 Å². The minimum absolute atomic E-state index is 0.0786. The number of benzene rings is 2. The van der Waals surface area contributed by atoms with E-state index in [0.29, 0.717) is 16.9 Å². The van der Waals surface area contributed by atoms with Gasteiger partial charge >= 0.3 is 0 Å². The van der Waals surface area contributed by atoms with Crippen molar-refractivity contribution in [3.8, 4) is 0 Å². The van der Waals surface area contributed by atoms with Gasteiger partial charge in [0.1, 0.15) is 5.69 Å². The van der Waals surface area contributed by atoms with E-state index in [1.807, 2.05) is 0 Å². The highest BCUT2D eigenvalue weighted by Gasteiger charge is 2.20. The van der Waals surface area contributed by atoms with Gasteiger partial charge in [0.15, 0.2) is 0 Å². The highest BCUT2D eigenvalue weighted by Crippen LogP contribution is 2.29. The summed E-state index contributed by atoms with van der Waals surface area (Å²) in [6.07, 6.45) is 0. The second-order valence-corrected chi connectivity index (χ2v) is 7.29. The van der Waals surface area contributed by atoms with Crippen LogP contribution in [0.4, 0.5) is 17.1 Å². The van der Waals surface area contributed by atoms with Crippen LogP contribution in [0.1, 0.15) is 5.56 Å². The summed E-state index contributed by atoms with van der Waals surface area (Å²) in [7, 11) is -0.679. The van der Waals surface area contributed by atoms with Gasteiger partial charge in [-0.3, -0.25) is 10.1 Å². The summed E-state index contributed by atoms with van der Waals surface area (Å²) in [5.74, 6) is 0. The Labute approximate surface area is 134 Å². The first-order valence-corrected chi connectivity index (χ1v) is 8.21. The van der Waals surface area contributed by atoms with Crippen LogP contribution >= 0.6 is 0 Å². The molecule has 0 aliphatic rings. The quantitative estimate of drug-likeness (QED) is 0.670. The molecule has 0 heterocycles. The molecule has 2 aromatic carbocycles. The van der Waals surface area contributed by atoms with E-state index in [1.54, 1.807) is 37.3 Å². The number of anilines is 2. The van der Waals surface area contributed by atoms with Crippen LogP contribution in [0.15, 0.2) is 47.4 Å². The zero-order valence-electron chi connectivity index (χ0n) is 13.0. The van der Waals surface area contributed by atoms with E-state index in [9.17, 15) is 18.5 Å². The van der Waals surface area contributed by atoms with Crippen LogP contribution in [-0.4, -0.2) is 31.7 Å². The van der Waals surface area contributed by atoms with Crippen molar-refractivity contribution in [2.75, 3.05) is 19.4 Å². The standard InChI is InChI=1S/C15H17N3O4S/c1-11-8-9-12(10-15(11)23(21,22)17(2)3)16-13-6-4-5-7-14(13)18(19)20/h4-10,16H,1-3H3. The Kier molecular flexibility index (Phi) is 4.67. The molecule has 23 heavy (non-hydrogen) atoms. The van der Waals surface area contributed by atoms with Crippen molar-refractivity contribution in [2.45, 2.75) is 11.8 Å². The second kappa shape index (κ2) is 6.35. The van der Waals surface area contributed by atoms with Gasteiger partial charge in [-0.15, -0.1) is 0 Å². The molecule has 0 fully saturated rings. The summed E-state index contributed by atoms with van der Waals surface area (Å²) in [5.41, 5.74) is 1.29. The van der Waals surface area contributed by atoms with Gasteiger partial charge < -0.3 is 5.32 Å². The molecule has 0 saturated carbocycles. The van der Waals surface area contributed by atoms with E-state index < -0.39 is 14.9 Å². The predicted octanol–water partition coefficient (Wildman–Crippen LogP) is 2.90. The van der Waals surface area contributed by atoms with E-state index in [4.69, 9.17) is 0 Å². The van der Waals surface area contributed by atoms with Crippen molar-refractivity contribution in [3.63, 3.8) is 0 Å². The molecule has 2 aromatic rings. The van der Waals surface area contributed by atoms with Gasteiger partial charge in [0.2, 0.25) is 10.0 Å². The Morgan fingerprint density at radius 1 is 1.13 bits per heavy atom. The molecule has 7 nitrogen and oxygen atoms in total. The molecular weight excluding hydrogens is 318 g/mol. The van der Waals surface area contributed by atoms with Crippen molar-refractivity contribution < 1.29 is 13.3 Å². The van der Waals surface area contributed by atoms with Crippen LogP contribution in [0.25, 0.3) is 0 Å². The SMILES string of the molecule is Cc1ccc(Nc2ccccc2[N+](=O)[O-])cc1S(=O)(=O)N(C)C. The lowest BCUT2D eigenvalue weighted by atomic mass is 10.2. The molecule has 2 rings (SSSR count). The van der Waals surface area contributed by atoms with Gasteiger partial charge in [0.25, 0.3) is 5.69 Å². The number of nitro benzene ring substituents is 1. The largest absolute Gasteiger partial charge is 0.350 e. The second-order valence-electron chi connectivity index (χ2n) is 5.17. The zero-order valence-corrected chi connectivity index (χ0v) is 13.8. The monoisotopic (exact) mass is 335 g/mol. The number of aryl methyl sites for hydroxylation is 1. The molecule has 8 heteroatoms. The van der Waals surface area contributed by atoms with Gasteiger partial charge in [-0.25, -0.2) is 12.7 Å². The van der Waals surface area contributed by atoms with Crippen molar-refractivity contribution in [2.24, 2.45) is 0 Å². The first-order chi connectivity index (χ1) is 10.7. The molecule has 0 amide bonds. The predicted molar refractivity (Wildman–Crippen MR) is 88.4 cm³/mol. The molecule has 0 aliphatic carbocycles. The summed E-state index contributed by atoms with van der Waals surface area (Å²) in [4.78, 5) is 10.7. The molecule has 0 atom stereocenters. The molecular formula is C15H17N3O4S. The fourth-order valence-corrected chi connectivity index (χ4v) is 3.19. The van der Waals surface area contributed by atoms with E-state index in [0.717, 1.165) is 4.31 Å². The summed E-state index contributed by atoms with van der Waals surface area (Å²) in [6.45, 7) is 1.70. The maximum atomic E-state index is 12.3. The maximum absolute atomic E-state index is 12.3. The fraction of sp³-hybridized carbons (Fsp3) is 0.200. The van der Waals surface area contributed by atoms with Crippen LogP contribution in [-0.2, 0) is 10.0 Å². The first-order valence-electron chi connectivity index (χ1n) is 6.77. The van der Waals surface area contributed by atoms with Crippen LogP contribution in [0.5, 0.6) is 0 Å². The number of nitrogens with zero attached hydrogens (tertiary/aromatic N) is 2. The topological polar surface area (TPSA) is 92.5 Å². The number of sulfonamides is 1. The van der Waals surface area contributed by atoms with Crippen molar-refractivity contribution in [1.82, 2.24) is 4.31 Å². The number of nitrogens with one attached hydrogen (secondary N) is 1. The number of para-hydroxylation sites is 2. The van der Waals surface area contributed by atoms with Gasteiger partial charge in [-0.05, 0) is 30.7 Å². The Morgan fingerprint density at radius 3 is 2.39 bits per heavy atom. The summed E-state index contributed by atoms with van der Waals surface area (Å²) in [6, 6.07) is 11.0. The van der Waals surface area contributed by atoms with Crippen molar-refractivity contribution in [1.29, 1.82) is 0 Å². The van der Waals surface area contributed by atoms with E-state index in [1.165, 1.54) is 26.2 Å². The number of hydrogen-bond donors (Lipinski definition) is 1. The average molecular weight is 335 g/mol. The van der Waals surface area contributed by atoms with Crippen LogP contribution in [0.2, 0.25) is 0 Å². The number of nitro groups is 1. The van der Waals surface area contributed by atoms with Gasteiger partial charge in [0.05, 0.1) is 9.82 Å². The molecule has 0 aliphatic heterocycles. The van der Waals surface area contributed by atoms with E-state index >= 15 is 0 Å². The molecule has 0 radical (unpaired) electrons. The summed E-state index contributed by atoms with van der Waals surface area (Å²) >= 11 is 0. The molecule has 0 aromatic heterocycles. The Bertz CT molecular complexity index is 848. The van der Waals surface area contributed by atoms with Crippen LogP contribution in [0, 0.1) is 17.0 Å². The highest BCUT2D eigenvalue weighted by molar-refractivity contribution is 7.89. The van der Waals surface area contributed by atoms with Crippen LogP contribution in [0.3, 0.4) is 0 Å². The van der Waals surface area contributed by atoms with Crippen molar-refractivity contribution >= 4 is 27.1 Å². The van der Waals surface area contributed by atoms with Crippen molar-refractivity contribution in [3.05, 3.63) is 58.1 Å². The lowest BCUT2D eigenvalue weighted by Gasteiger charge is -2.15. The molecule has 0 spiro atoms. The first kappa shape index (κ1) is 16.9. The number of rotatable bonds is 5. The summed E-state index contributed by atoms with van der Waals surface area (Å²) < 4.78 is 25.8. The molecule has 0 saturated heterocycles. The molecule has 1 N–H and O–H groups in total. The third-order valence-electron chi connectivity index (χ3n) is 3.33. The highest BCUT2D eigenvalue weighted by atomic mass is 32.2. The molecule has 122 valence electrons. The van der Waals surface area contributed by atoms with Crippen LogP contribution < -0.4 is 5.32 Å². The Balaban J connectivity index is 2.46. The lowest BCUT2D eigenvalue weighted by Crippen LogP contribution is -2.23. The maximum Gasteiger partial charge on any atom is 0.292 e. The average Bonchev–Trinajstić information content (AvgIpc) is 2.49. The normalized spacial score (nSPS) is 11.5. The lowest BCUT2D eigenvalue weighted by molar-refractivity contribution is -0.383. The van der Waals surface area contributed by atoms with Gasteiger partial charge in [0, 0.05) is 25.8 Å². The van der Waals surface area contributed by atoms with E-state index in [2.05, 4.69) is 5.32 Å². The zero-order chi connectivity index (χ0) is 17.2. The smallest absolute Gasteiger partial charge is 0.292 e.